The minimum Gasteiger partial charge on any atom is -0.341 e. The topological polar surface area (TPSA) is 53.9 Å². The molecule has 21 heavy (non-hydrogen) atoms. The highest BCUT2D eigenvalue weighted by Gasteiger charge is 2.40. The number of aromatic nitrogens is 3. The van der Waals surface area contributed by atoms with Gasteiger partial charge in [-0.1, -0.05) is 19.8 Å². The molecule has 0 bridgehead atoms. The number of carbonyl (C=O) groups is 1. The molecule has 1 N–H and O–H groups in total. The summed E-state index contributed by atoms with van der Waals surface area (Å²) in [6.45, 7) is 3.81. The van der Waals surface area contributed by atoms with Crippen molar-refractivity contribution < 1.29 is 4.79 Å². The number of likely N-dealkylation sites (tertiary alicyclic amines) is 1. The molecule has 1 aromatic rings. The van der Waals surface area contributed by atoms with Crippen LogP contribution in [-0.2, 0) is 11.8 Å². The van der Waals surface area contributed by atoms with Crippen LogP contribution in [0.15, 0.2) is 0 Å². The average Bonchev–Trinajstić information content (AvgIpc) is 3.07. The highest BCUT2D eigenvalue weighted by molar-refractivity contribution is 7.71. The summed E-state index contributed by atoms with van der Waals surface area (Å²) in [6, 6.07) is 0. The third-order valence-electron chi connectivity index (χ3n) is 5.21. The molecule has 0 aromatic carbocycles. The monoisotopic (exact) mass is 308 g/mol. The fourth-order valence-corrected chi connectivity index (χ4v) is 3.99. The minimum absolute atomic E-state index is 0.126. The van der Waals surface area contributed by atoms with Gasteiger partial charge in [0.1, 0.15) is 5.82 Å². The molecule has 2 fully saturated rings. The van der Waals surface area contributed by atoms with E-state index in [9.17, 15) is 4.79 Å². The van der Waals surface area contributed by atoms with Gasteiger partial charge < -0.3 is 9.47 Å². The molecule has 3 rings (SSSR count). The first-order valence-electron chi connectivity index (χ1n) is 7.92. The Morgan fingerprint density at radius 3 is 2.71 bits per heavy atom. The summed E-state index contributed by atoms with van der Waals surface area (Å²) in [5.74, 6) is 1.63. The van der Waals surface area contributed by atoms with Crippen molar-refractivity contribution in [2.75, 3.05) is 13.1 Å². The van der Waals surface area contributed by atoms with Crippen LogP contribution in [0.2, 0.25) is 0 Å². The van der Waals surface area contributed by atoms with Gasteiger partial charge in [0, 0.05) is 31.5 Å². The van der Waals surface area contributed by atoms with E-state index in [0.717, 1.165) is 44.6 Å². The zero-order valence-electron chi connectivity index (χ0n) is 12.9. The summed E-state index contributed by atoms with van der Waals surface area (Å²) in [4.78, 5) is 14.9. The van der Waals surface area contributed by atoms with E-state index < -0.39 is 0 Å². The van der Waals surface area contributed by atoms with Crippen LogP contribution < -0.4 is 0 Å². The second kappa shape index (κ2) is 5.55. The van der Waals surface area contributed by atoms with Crippen LogP contribution in [0.25, 0.3) is 0 Å². The van der Waals surface area contributed by atoms with Gasteiger partial charge in [-0.3, -0.25) is 9.89 Å². The zero-order chi connectivity index (χ0) is 15.0. The van der Waals surface area contributed by atoms with Crippen LogP contribution in [0.3, 0.4) is 0 Å². The molecule has 1 aliphatic heterocycles. The van der Waals surface area contributed by atoms with Crippen molar-refractivity contribution in [2.45, 2.75) is 51.4 Å². The molecule has 2 aliphatic rings. The number of aromatic amines is 1. The van der Waals surface area contributed by atoms with Gasteiger partial charge in [-0.25, -0.2) is 0 Å². The maximum absolute atomic E-state index is 12.9. The van der Waals surface area contributed by atoms with E-state index in [2.05, 4.69) is 22.0 Å². The van der Waals surface area contributed by atoms with Gasteiger partial charge in [0.05, 0.1) is 0 Å². The van der Waals surface area contributed by atoms with Crippen LogP contribution in [0.4, 0.5) is 0 Å². The lowest BCUT2D eigenvalue weighted by molar-refractivity contribution is -0.142. The molecule has 5 nitrogen and oxygen atoms in total. The van der Waals surface area contributed by atoms with Gasteiger partial charge in [-0.2, -0.15) is 5.10 Å². The van der Waals surface area contributed by atoms with E-state index in [4.69, 9.17) is 12.2 Å². The third-order valence-corrected chi connectivity index (χ3v) is 5.58. The summed E-state index contributed by atoms with van der Waals surface area (Å²) in [6.07, 6.45) is 6.58. The quantitative estimate of drug-likeness (QED) is 0.855. The lowest BCUT2D eigenvalue weighted by Crippen LogP contribution is -2.46. The Morgan fingerprint density at radius 1 is 1.38 bits per heavy atom. The summed E-state index contributed by atoms with van der Waals surface area (Å²) >= 11 is 5.19. The fraction of sp³-hybridized carbons (Fsp3) is 0.800. The van der Waals surface area contributed by atoms with Crippen molar-refractivity contribution in [1.82, 2.24) is 19.7 Å². The Morgan fingerprint density at radius 2 is 2.10 bits per heavy atom. The lowest BCUT2D eigenvalue weighted by atomic mass is 9.85. The van der Waals surface area contributed by atoms with Crippen molar-refractivity contribution in [3.8, 4) is 0 Å². The third kappa shape index (κ3) is 2.65. The molecule has 1 atom stereocenters. The largest absolute Gasteiger partial charge is 0.341 e. The lowest BCUT2D eigenvalue weighted by Gasteiger charge is -2.37. The number of piperidine rings is 1. The molecule has 6 heteroatoms. The summed E-state index contributed by atoms with van der Waals surface area (Å²) in [5, 5.41) is 7.21. The summed E-state index contributed by atoms with van der Waals surface area (Å²) < 4.78 is 2.59. The normalized spacial score (nSPS) is 25.2. The highest BCUT2D eigenvalue weighted by Crippen LogP contribution is 2.40. The number of rotatable bonds is 2. The Hall–Kier alpha value is -1.17. The predicted octanol–water partition coefficient (Wildman–Crippen LogP) is 2.76. The second-order valence-electron chi connectivity index (χ2n) is 6.80. The number of amides is 1. The second-order valence-corrected chi connectivity index (χ2v) is 7.19. The van der Waals surface area contributed by atoms with E-state index >= 15 is 0 Å². The number of carbonyl (C=O) groups excluding carboxylic acids is 1. The Labute approximate surface area is 130 Å². The number of nitrogens with one attached hydrogen (secondary N) is 1. The van der Waals surface area contributed by atoms with Crippen LogP contribution in [-0.4, -0.2) is 38.7 Å². The standard InChI is InChI=1S/C15H24N4OS/c1-15(7-3-4-8-15)13(20)19-9-5-6-11(10-19)12-16-17-14(21)18(12)2/h11H,3-10H2,1-2H3,(H,17,21). The fourth-order valence-electron chi connectivity index (χ4n) is 3.85. The molecule has 1 amide bonds. The van der Waals surface area contributed by atoms with Crippen LogP contribution in [0, 0.1) is 10.2 Å². The van der Waals surface area contributed by atoms with E-state index in [-0.39, 0.29) is 5.41 Å². The molecular formula is C15H24N4OS. The van der Waals surface area contributed by atoms with E-state index in [0.29, 0.717) is 16.6 Å². The molecule has 1 saturated carbocycles. The molecule has 116 valence electrons. The molecule has 1 saturated heterocycles. The number of hydrogen-bond donors (Lipinski definition) is 1. The van der Waals surface area contributed by atoms with Gasteiger partial charge >= 0.3 is 0 Å². The van der Waals surface area contributed by atoms with Crippen molar-refractivity contribution in [3.63, 3.8) is 0 Å². The first kappa shape index (κ1) is 14.8. The van der Waals surface area contributed by atoms with Crippen molar-refractivity contribution in [3.05, 3.63) is 10.6 Å². The first-order chi connectivity index (χ1) is 10.0. The Balaban J connectivity index is 1.75. The van der Waals surface area contributed by atoms with Gasteiger partial charge in [-0.05, 0) is 37.9 Å². The van der Waals surface area contributed by atoms with Gasteiger partial charge in [0.25, 0.3) is 0 Å². The maximum Gasteiger partial charge on any atom is 0.228 e. The predicted molar refractivity (Wildman–Crippen MR) is 83.5 cm³/mol. The van der Waals surface area contributed by atoms with Crippen molar-refractivity contribution in [1.29, 1.82) is 0 Å². The number of hydrogen-bond acceptors (Lipinski definition) is 3. The van der Waals surface area contributed by atoms with Gasteiger partial charge in [0.15, 0.2) is 4.77 Å². The SMILES string of the molecule is Cn1c(C2CCCN(C(=O)C3(C)CCCC3)C2)n[nH]c1=S. The van der Waals surface area contributed by atoms with Crippen LogP contribution in [0.5, 0.6) is 0 Å². The van der Waals surface area contributed by atoms with Crippen molar-refractivity contribution in [2.24, 2.45) is 12.5 Å². The maximum atomic E-state index is 12.9. The first-order valence-corrected chi connectivity index (χ1v) is 8.33. The molecule has 1 aromatic heterocycles. The molecule has 1 aliphatic carbocycles. The Bertz CT molecular complexity index is 585. The molecule has 2 heterocycles. The number of nitrogens with zero attached hydrogens (tertiary/aromatic N) is 3. The Kier molecular flexibility index (Phi) is 3.90. The van der Waals surface area contributed by atoms with E-state index in [1.54, 1.807) is 0 Å². The molecular weight excluding hydrogens is 284 g/mol. The van der Waals surface area contributed by atoms with E-state index in [1.165, 1.54) is 12.8 Å². The van der Waals surface area contributed by atoms with Crippen molar-refractivity contribution >= 4 is 18.1 Å². The van der Waals surface area contributed by atoms with Gasteiger partial charge in [0.2, 0.25) is 5.91 Å². The minimum atomic E-state index is -0.126. The van der Waals surface area contributed by atoms with Gasteiger partial charge in [-0.15, -0.1) is 0 Å². The molecule has 0 spiro atoms. The smallest absolute Gasteiger partial charge is 0.228 e. The highest BCUT2D eigenvalue weighted by atomic mass is 32.1. The van der Waals surface area contributed by atoms with E-state index in [1.807, 2.05) is 11.6 Å². The van der Waals surface area contributed by atoms with Crippen LogP contribution >= 0.6 is 12.2 Å². The number of H-pyrrole nitrogens is 1. The van der Waals surface area contributed by atoms with Crippen LogP contribution in [0.1, 0.15) is 57.2 Å². The molecule has 1 unspecified atom stereocenters. The zero-order valence-corrected chi connectivity index (χ0v) is 13.7. The summed E-state index contributed by atoms with van der Waals surface area (Å²) in [5.41, 5.74) is -0.126. The molecule has 0 radical (unpaired) electrons. The average molecular weight is 308 g/mol. The summed E-state index contributed by atoms with van der Waals surface area (Å²) in [7, 11) is 1.94.